The smallest absolute Gasteiger partial charge is 0.324 e. The van der Waals surface area contributed by atoms with Crippen molar-refractivity contribution >= 4 is 6.03 Å². The lowest BCUT2D eigenvalue weighted by molar-refractivity contribution is 0.0505. The van der Waals surface area contributed by atoms with Gasteiger partial charge in [0.2, 0.25) is 0 Å². The number of urea groups is 1. The van der Waals surface area contributed by atoms with Crippen molar-refractivity contribution in [2.75, 3.05) is 13.1 Å². The van der Waals surface area contributed by atoms with Crippen LogP contribution in [0.1, 0.15) is 58.8 Å². The van der Waals surface area contributed by atoms with E-state index in [1.807, 2.05) is 4.90 Å². The first-order chi connectivity index (χ1) is 8.68. The molecule has 1 N–H and O–H groups in total. The molecular formula is C14H27N3O. The van der Waals surface area contributed by atoms with Crippen molar-refractivity contribution < 1.29 is 4.79 Å². The van der Waals surface area contributed by atoms with E-state index in [1.54, 1.807) is 0 Å². The average Bonchev–Trinajstić information content (AvgIpc) is 2.62. The summed E-state index contributed by atoms with van der Waals surface area (Å²) < 4.78 is 0. The molecule has 0 aromatic carbocycles. The van der Waals surface area contributed by atoms with Crippen molar-refractivity contribution in [2.45, 2.75) is 70.9 Å². The van der Waals surface area contributed by atoms with Gasteiger partial charge in [-0.15, -0.1) is 0 Å². The summed E-state index contributed by atoms with van der Waals surface area (Å²) in [5.74, 6) is 0. The molecule has 0 saturated carbocycles. The van der Waals surface area contributed by atoms with Gasteiger partial charge in [-0.05, 0) is 39.5 Å². The Morgan fingerprint density at radius 1 is 0.944 bits per heavy atom. The largest absolute Gasteiger partial charge is 0.331 e. The normalized spacial score (nSPS) is 30.9. The van der Waals surface area contributed by atoms with E-state index in [2.05, 4.69) is 24.3 Å². The van der Waals surface area contributed by atoms with Crippen LogP contribution >= 0.6 is 0 Å². The Morgan fingerprint density at radius 3 is 2.06 bits per heavy atom. The summed E-state index contributed by atoms with van der Waals surface area (Å²) in [4.78, 5) is 14.3. The molecule has 2 unspecified atom stereocenters. The Morgan fingerprint density at radius 2 is 1.50 bits per heavy atom. The van der Waals surface area contributed by atoms with E-state index < -0.39 is 0 Å². The topological polar surface area (TPSA) is 35.6 Å². The highest BCUT2D eigenvalue weighted by molar-refractivity contribution is 5.73. The number of hydrazine groups is 1. The van der Waals surface area contributed by atoms with Crippen LogP contribution in [0.3, 0.4) is 0 Å². The van der Waals surface area contributed by atoms with Crippen LogP contribution in [0.4, 0.5) is 4.79 Å². The molecule has 4 heteroatoms. The summed E-state index contributed by atoms with van der Waals surface area (Å²) in [6.45, 7) is 6.25. The summed E-state index contributed by atoms with van der Waals surface area (Å²) in [5.41, 5.74) is 3.14. The van der Waals surface area contributed by atoms with Gasteiger partial charge >= 0.3 is 6.03 Å². The van der Waals surface area contributed by atoms with E-state index in [0.29, 0.717) is 12.1 Å². The number of piperidine rings is 1. The summed E-state index contributed by atoms with van der Waals surface area (Å²) in [6, 6.07) is 1.03. The predicted molar refractivity (Wildman–Crippen MR) is 73.2 cm³/mol. The third-order valence-corrected chi connectivity index (χ3v) is 4.31. The minimum atomic E-state index is 0.109. The Kier molecular flexibility index (Phi) is 4.87. The van der Waals surface area contributed by atoms with Crippen LogP contribution in [-0.2, 0) is 0 Å². The number of hydrogen-bond acceptors (Lipinski definition) is 2. The molecule has 0 aliphatic carbocycles. The molecule has 2 amide bonds. The Hall–Kier alpha value is -0.770. The van der Waals surface area contributed by atoms with E-state index >= 15 is 0 Å². The molecule has 2 heterocycles. The van der Waals surface area contributed by atoms with Crippen molar-refractivity contribution in [2.24, 2.45) is 0 Å². The fraction of sp³-hybridized carbons (Fsp3) is 0.929. The zero-order chi connectivity index (χ0) is 13.0. The minimum Gasteiger partial charge on any atom is -0.324 e. The van der Waals surface area contributed by atoms with Crippen molar-refractivity contribution in [3.05, 3.63) is 0 Å². The summed E-state index contributed by atoms with van der Waals surface area (Å²) in [7, 11) is 0. The zero-order valence-corrected chi connectivity index (χ0v) is 11.8. The summed E-state index contributed by atoms with van der Waals surface area (Å²) >= 11 is 0. The molecule has 0 spiro atoms. The minimum absolute atomic E-state index is 0.109. The molecule has 0 aromatic rings. The van der Waals surface area contributed by atoms with Crippen molar-refractivity contribution in [1.82, 2.24) is 15.3 Å². The van der Waals surface area contributed by atoms with E-state index in [4.69, 9.17) is 0 Å². The number of rotatable bonds is 1. The van der Waals surface area contributed by atoms with Crippen molar-refractivity contribution in [3.63, 3.8) is 0 Å². The molecule has 2 aliphatic rings. The Bertz CT molecular complexity index is 264. The van der Waals surface area contributed by atoms with E-state index in [0.717, 1.165) is 25.9 Å². The molecule has 4 nitrogen and oxygen atoms in total. The van der Waals surface area contributed by atoms with Crippen LogP contribution in [0.5, 0.6) is 0 Å². The number of carbonyl (C=O) groups is 1. The van der Waals surface area contributed by atoms with Gasteiger partial charge in [0.25, 0.3) is 0 Å². The fourth-order valence-corrected chi connectivity index (χ4v) is 3.10. The molecular weight excluding hydrogens is 226 g/mol. The van der Waals surface area contributed by atoms with Gasteiger partial charge in [-0.25, -0.2) is 9.80 Å². The lowest BCUT2D eigenvalue weighted by Gasteiger charge is -2.39. The van der Waals surface area contributed by atoms with Crippen LogP contribution in [0, 0.1) is 0 Å². The average molecular weight is 253 g/mol. The predicted octanol–water partition coefficient (Wildman–Crippen LogP) is 2.75. The maximum Gasteiger partial charge on any atom is 0.331 e. The first kappa shape index (κ1) is 13.7. The van der Waals surface area contributed by atoms with Crippen molar-refractivity contribution in [3.8, 4) is 0 Å². The monoisotopic (exact) mass is 253 g/mol. The molecule has 2 aliphatic heterocycles. The SMILES string of the molecule is CC1CCCC(C)N1NC(=O)N1CCCCCC1. The van der Waals surface area contributed by atoms with Gasteiger partial charge in [0.05, 0.1) is 0 Å². The van der Waals surface area contributed by atoms with Gasteiger partial charge < -0.3 is 4.90 Å². The molecule has 2 saturated heterocycles. The van der Waals surface area contributed by atoms with Crippen LogP contribution in [0.25, 0.3) is 0 Å². The van der Waals surface area contributed by atoms with Crippen LogP contribution < -0.4 is 5.43 Å². The molecule has 2 fully saturated rings. The maximum atomic E-state index is 12.3. The first-order valence-corrected chi connectivity index (χ1v) is 7.52. The summed E-state index contributed by atoms with van der Waals surface area (Å²) in [6.07, 6.45) is 8.48. The number of nitrogens with one attached hydrogen (secondary N) is 1. The fourth-order valence-electron chi connectivity index (χ4n) is 3.10. The number of carbonyl (C=O) groups excluding carboxylic acids is 1. The molecule has 0 radical (unpaired) electrons. The highest BCUT2D eigenvalue weighted by Gasteiger charge is 2.27. The number of amides is 2. The molecule has 2 rings (SSSR count). The van der Waals surface area contributed by atoms with Crippen LogP contribution in [0.2, 0.25) is 0 Å². The van der Waals surface area contributed by atoms with Crippen LogP contribution in [0.15, 0.2) is 0 Å². The third kappa shape index (κ3) is 3.37. The second-order valence-electron chi connectivity index (χ2n) is 5.85. The molecule has 0 bridgehead atoms. The number of hydrogen-bond donors (Lipinski definition) is 1. The quantitative estimate of drug-likeness (QED) is 0.780. The van der Waals surface area contributed by atoms with E-state index in [1.165, 1.54) is 32.1 Å². The van der Waals surface area contributed by atoms with Gasteiger partial charge in [-0.2, -0.15) is 0 Å². The van der Waals surface area contributed by atoms with Gasteiger partial charge in [0.1, 0.15) is 0 Å². The van der Waals surface area contributed by atoms with Gasteiger partial charge in [0, 0.05) is 25.2 Å². The molecule has 2 atom stereocenters. The highest BCUT2D eigenvalue weighted by atomic mass is 16.2. The molecule has 0 aromatic heterocycles. The number of nitrogens with zero attached hydrogens (tertiary/aromatic N) is 2. The second kappa shape index (κ2) is 6.41. The van der Waals surface area contributed by atoms with Gasteiger partial charge in [-0.1, -0.05) is 19.3 Å². The van der Waals surface area contributed by atoms with Crippen molar-refractivity contribution in [1.29, 1.82) is 0 Å². The third-order valence-electron chi connectivity index (χ3n) is 4.31. The second-order valence-corrected chi connectivity index (χ2v) is 5.85. The van der Waals surface area contributed by atoms with E-state index in [-0.39, 0.29) is 6.03 Å². The first-order valence-electron chi connectivity index (χ1n) is 7.52. The Balaban J connectivity index is 1.88. The zero-order valence-electron chi connectivity index (χ0n) is 11.8. The maximum absolute atomic E-state index is 12.3. The van der Waals surface area contributed by atoms with Gasteiger partial charge in [-0.3, -0.25) is 5.43 Å². The molecule has 18 heavy (non-hydrogen) atoms. The Labute approximate surface area is 111 Å². The number of likely N-dealkylation sites (tertiary alicyclic amines) is 1. The van der Waals surface area contributed by atoms with E-state index in [9.17, 15) is 4.79 Å². The standard InChI is InChI=1S/C14H27N3O/c1-12-8-7-9-13(2)17(12)15-14(18)16-10-5-3-4-6-11-16/h12-13H,3-11H2,1-2H3,(H,15,18). The summed E-state index contributed by atoms with van der Waals surface area (Å²) in [5, 5.41) is 2.16. The lowest BCUT2D eigenvalue weighted by atomic mass is 10.00. The molecule has 104 valence electrons. The van der Waals surface area contributed by atoms with Crippen LogP contribution in [-0.4, -0.2) is 41.1 Å². The lowest BCUT2D eigenvalue weighted by Crippen LogP contribution is -2.57. The van der Waals surface area contributed by atoms with Gasteiger partial charge in [0.15, 0.2) is 0 Å². The highest BCUT2D eigenvalue weighted by Crippen LogP contribution is 2.20.